The molecule has 0 bridgehead atoms. The Balaban J connectivity index is 2.01. The minimum Gasteiger partial charge on any atom is -0.354 e. The van der Waals surface area contributed by atoms with Crippen molar-refractivity contribution in [1.29, 1.82) is 0 Å². The molecule has 2 amide bonds. The first kappa shape index (κ1) is 29.1. The summed E-state index contributed by atoms with van der Waals surface area (Å²) in [5, 5.41) is 3.25. The normalized spacial score (nSPS) is 12.0. The molecule has 3 rings (SSSR count). The summed E-state index contributed by atoms with van der Waals surface area (Å²) in [4.78, 5) is 27.9. The van der Waals surface area contributed by atoms with Crippen LogP contribution in [0.2, 0.25) is 5.02 Å². The van der Waals surface area contributed by atoms with Gasteiger partial charge in [0.2, 0.25) is 11.8 Å². The van der Waals surface area contributed by atoms with E-state index in [-0.39, 0.29) is 23.0 Å². The Morgan fingerprint density at radius 2 is 1.68 bits per heavy atom. The van der Waals surface area contributed by atoms with Gasteiger partial charge in [0.05, 0.1) is 10.6 Å². The lowest BCUT2D eigenvalue weighted by Crippen LogP contribution is -2.51. The van der Waals surface area contributed by atoms with Gasteiger partial charge >= 0.3 is 0 Å². The van der Waals surface area contributed by atoms with E-state index in [0.717, 1.165) is 22.0 Å². The van der Waals surface area contributed by atoms with Crippen LogP contribution in [-0.4, -0.2) is 44.3 Å². The monoisotopic (exact) mass is 559 g/mol. The van der Waals surface area contributed by atoms with Gasteiger partial charge in [0.25, 0.3) is 10.0 Å². The summed E-state index contributed by atoms with van der Waals surface area (Å²) in [6.07, 6.45) is 0.716. The second-order valence-corrected chi connectivity index (χ2v) is 11.2. The molecule has 0 aromatic heterocycles. The topological polar surface area (TPSA) is 86.8 Å². The Labute approximate surface area is 228 Å². The average Bonchev–Trinajstić information content (AvgIpc) is 2.89. The number of sulfonamides is 1. The highest BCUT2D eigenvalue weighted by Gasteiger charge is 2.32. The second kappa shape index (κ2) is 12.9. The molecule has 1 N–H and O–H groups in total. The molecule has 0 heterocycles. The largest absolute Gasteiger partial charge is 0.354 e. The van der Waals surface area contributed by atoms with E-state index in [0.29, 0.717) is 23.6 Å². The molecule has 202 valence electrons. The molecule has 10 heteroatoms. The molecule has 38 heavy (non-hydrogen) atoms. The van der Waals surface area contributed by atoms with Crippen LogP contribution < -0.4 is 9.62 Å². The Bertz CT molecular complexity index is 1370. The van der Waals surface area contributed by atoms with Crippen molar-refractivity contribution in [2.24, 2.45) is 0 Å². The fraction of sp³-hybridized carbons (Fsp3) is 0.286. The minimum absolute atomic E-state index is 0.0182. The number of aryl methyl sites for hydroxylation is 1. The minimum atomic E-state index is -4.21. The molecule has 7 nitrogen and oxygen atoms in total. The van der Waals surface area contributed by atoms with E-state index in [9.17, 15) is 22.4 Å². The van der Waals surface area contributed by atoms with Crippen LogP contribution in [0.1, 0.15) is 31.4 Å². The highest BCUT2D eigenvalue weighted by Crippen LogP contribution is 2.25. The van der Waals surface area contributed by atoms with Crippen LogP contribution in [-0.2, 0) is 26.2 Å². The van der Waals surface area contributed by atoms with E-state index in [2.05, 4.69) is 5.32 Å². The van der Waals surface area contributed by atoms with E-state index in [4.69, 9.17) is 11.6 Å². The first-order valence-corrected chi connectivity index (χ1v) is 14.0. The van der Waals surface area contributed by atoms with Crippen LogP contribution in [0.3, 0.4) is 0 Å². The number of amides is 2. The summed E-state index contributed by atoms with van der Waals surface area (Å²) in [6.45, 7) is 5.19. The fourth-order valence-corrected chi connectivity index (χ4v) is 5.41. The number of hydrogen-bond acceptors (Lipinski definition) is 4. The van der Waals surface area contributed by atoms with Crippen molar-refractivity contribution in [3.63, 3.8) is 0 Å². The number of carbonyl (C=O) groups is 2. The lowest BCUT2D eigenvalue weighted by atomic mass is 10.1. The van der Waals surface area contributed by atoms with E-state index in [1.807, 2.05) is 13.8 Å². The third kappa shape index (κ3) is 7.33. The maximum Gasteiger partial charge on any atom is 0.264 e. The molecule has 0 unspecified atom stereocenters. The summed E-state index contributed by atoms with van der Waals surface area (Å²) < 4.78 is 42.0. The second-order valence-electron chi connectivity index (χ2n) is 8.92. The van der Waals surface area contributed by atoms with Crippen LogP contribution >= 0.6 is 11.6 Å². The number of rotatable bonds is 11. The van der Waals surface area contributed by atoms with Crippen LogP contribution in [0.4, 0.5) is 10.1 Å². The molecular formula is C28H31ClFN3O4S. The van der Waals surface area contributed by atoms with Gasteiger partial charge in [-0.15, -0.1) is 0 Å². The maximum absolute atomic E-state index is 13.8. The van der Waals surface area contributed by atoms with Crippen LogP contribution in [0.5, 0.6) is 0 Å². The highest BCUT2D eigenvalue weighted by atomic mass is 35.5. The molecule has 0 saturated heterocycles. The molecule has 0 spiro atoms. The number of benzene rings is 3. The van der Waals surface area contributed by atoms with Gasteiger partial charge in [0.1, 0.15) is 18.4 Å². The smallest absolute Gasteiger partial charge is 0.264 e. The molecule has 1 atom stereocenters. The molecule has 0 aliphatic carbocycles. The predicted molar refractivity (Wildman–Crippen MR) is 147 cm³/mol. The zero-order valence-electron chi connectivity index (χ0n) is 21.5. The zero-order chi connectivity index (χ0) is 27.9. The Morgan fingerprint density at radius 1 is 1.03 bits per heavy atom. The van der Waals surface area contributed by atoms with Gasteiger partial charge in [0.15, 0.2) is 0 Å². The number of nitrogens with zero attached hydrogens (tertiary/aromatic N) is 2. The van der Waals surface area contributed by atoms with Crippen molar-refractivity contribution in [3.8, 4) is 0 Å². The van der Waals surface area contributed by atoms with Gasteiger partial charge in [-0.1, -0.05) is 48.4 Å². The van der Waals surface area contributed by atoms with Crippen LogP contribution in [0.25, 0.3) is 0 Å². The number of anilines is 1. The van der Waals surface area contributed by atoms with Gasteiger partial charge in [-0.25, -0.2) is 12.8 Å². The number of carbonyl (C=O) groups excluding carboxylic acids is 2. The lowest BCUT2D eigenvalue weighted by Gasteiger charge is -2.32. The number of hydrogen-bond donors (Lipinski definition) is 1. The van der Waals surface area contributed by atoms with Gasteiger partial charge in [-0.3, -0.25) is 13.9 Å². The standard InChI is InChI=1S/C28H31ClFN3O4S/c1-4-16-31-28(35)21(3)32(18-22-6-5-7-23(29)17-22)27(34)19-33(25-12-10-24(30)11-13-25)38(36,37)26-14-8-20(2)9-15-26/h5-15,17,21H,4,16,18-19H2,1-3H3,(H,31,35)/t21-/m1/s1. The molecule has 0 fully saturated rings. The SMILES string of the molecule is CCCNC(=O)[C@@H](C)N(Cc1cccc(Cl)c1)C(=O)CN(c1ccc(F)cc1)S(=O)(=O)c1ccc(C)cc1. The van der Waals surface area contributed by atoms with Crippen LogP contribution in [0.15, 0.2) is 77.7 Å². The number of nitrogens with one attached hydrogen (secondary N) is 1. The van der Waals surface area contributed by atoms with Crippen molar-refractivity contribution in [2.75, 3.05) is 17.4 Å². The van der Waals surface area contributed by atoms with Crippen molar-refractivity contribution in [1.82, 2.24) is 10.2 Å². The third-order valence-corrected chi connectivity index (χ3v) is 7.98. The summed E-state index contributed by atoms with van der Waals surface area (Å²) in [5.74, 6) is -1.52. The maximum atomic E-state index is 13.8. The van der Waals surface area contributed by atoms with Gasteiger partial charge in [-0.05, 0) is 74.4 Å². The number of halogens is 2. The van der Waals surface area contributed by atoms with E-state index < -0.39 is 34.3 Å². The molecule has 0 aliphatic heterocycles. The molecule has 0 radical (unpaired) electrons. The lowest BCUT2D eigenvalue weighted by molar-refractivity contribution is -0.139. The van der Waals surface area contributed by atoms with E-state index in [1.54, 1.807) is 43.3 Å². The van der Waals surface area contributed by atoms with Gasteiger partial charge in [-0.2, -0.15) is 0 Å². The molecule has 0 saturated carbocycles. The summed E-state index contributed by atoms with van der Waals surface area (Å²) >= 11 is 6.13. The van der Waals surface area contributed by atoms with E-state index >= 15 is 0 Å². The molecule has 3 aromatic rings. The third-order valence-electron chi connectivity index (χ3n) is 5.96. The van der Waals surface area contributed by atoms with Crippen molar-refractivity contribution < 1.29 is 22.4 Å². The fourth-order valence-electron chi connectivity index (χ4n) is 3.78. The van der Waals surface area contributed by atoms with Crippen molar-refractivity contribution in [2.45, 2.75) is 44.7 Å². The van der Waals surface area contributed by atoms with Crippen molar-refractivity contribution in [3.05, 3.63) is 94.8 Å². The van der Waals surface area contributed by atoms with Gasteiger partial charge in [0, 0.05) is 18.1 Å². The van der Waals surface area contributed by atoms with E-state index in [1.165, 1.54) is 29.2 Å². The summed E-state index contributed by atoms with van der Waals surface area (Å²) in [6, 6.07) is 17.0. The Hall–Kier alpha value is -3.43. The zero-order valence-corrected chi connectivity index (χ0v) is 23.1. The molecular weight excluding hydrogens is 529 g/mol. The summed E-state index contributed by atoms with van der Waals surface area (Å²) in [5.41, 5.74) is 1.66. The molecule has 3 aromatic carbocycles. The van der Waals surface area contributed by atoms with Gasteiger partial charge < -0.3 is 10.2 Å². The van der Waals surface area contributed by atoms with Crippen molar-refractivity contribution >= 4 is 39.1 Å². The highest BCUT2D eigenvalue weighted by molar-refractivity contribution is 7.92. The first-order valence-electron chi connectivity index (χ1n) is 12.2. The predicted octanol–water partition coefficient (Wildman–Crippen LogP) is 4.93. The average molecular weight is 560 g/mol. The summed E-state index contributed by atoms with van der Waals surface area (Å²) in [7, 11) is -4.21. The quantitative estimate of drug-likeness (QED) is 0.361. The Morgan fingerprint density at radius 3 is 2.29 bits per heavy atom. The van der Waals surface area contributed by atoms with Crippen LogP contribution in [0, 0.1) is 12.7 Å². The molecule has 0 aliphatic rings. The first-order chi connectivity index (χ1) is 18.0. The Kier molecular flexibility index (Phi) is 9.88.